The fourth-order valence-electron chi connectivity index (χ4n) is 2.80. The first-order valence-electron chi connectivity index (χ1n) is 7.11. The zero-order chi connectivity index (χ0) is 13.0. The molecule has 0 N–H and O–H groups in total. The minimum Gasteiger partial charge on any atom is -0.354 e. The van der Waals surface area contributed by atoms with Gasteiger partial charge in [0.25, 0.3) is 0 Å². The summed E-state index contributed by atoms with van der Waals surface area (Å²) in [6, 6.07) is 4.98. The molecule has 2 nitrogen and oxygen atoms in total. The van der Waals surface area contributed by atoms with Gasteiger partial charge >= 0.3 is 0 Å². The van der Waals surface area contributed by atoms with Gasteiger partial charge in [0.05, 0.1) is 0 Å². The van der Waals surface area contributed by atoms with Crippen LogP contribution in [0.2, 0.25) is 0 Å². The first kappa shape index (κ1) is 13.7. The van der Waals surface area contributed by atoms with Crippen LogP contribution < -0.4 is 4.90 Å². The number of pyridine rings is 1. The summed E-state index contributed by atoms with van der Waals surface area (Å²) in [6.45, 7) is 5.60. The van der Waals surface area contributed by atoms with Gasteiger partial charge in [0.15, 0.2) is 0 Å². The Hall–Kier alpha value is -0.760. The van der Waals surface area contributed by atoms with Gasteiger partial charge in [0.2, 0.25) is 0 Å². The maximum Gasteiger partial charge on any atom is 0.129 e. The van der Waals surface area contributed by atoms with Gasteiger partial charge in [-0.25, -0.2) is 4.98 Å². The molecule has 0 spiro atoms. The summed E-state index contributed by atoms with van der Waals surface area (Å²) < 4.78 is 0. The van der Waals surface area contributed by atoms with Crippen molar-refractivity contribution in [1.29, 1.82) is 0 Å². The zero-order valence-electron chi connectivity index (χ0n) is 11.5. The van der Waals surface area contributed by atoms with Crippen LogP contribution in [0.3, 0.4) is 0 Å². The molecular weight excluding hydrogens is 244 g/mol. The number of rotatable bonds is 5. The fourth-order valence-corrected chi connectivity index (χ4v) is 2.96. The molecule has 0 aromatic carbocycles. The molecule has 1 aromatic heterocycles. The zero-order valence-corrected chi connectivity index (χ0v) is 12.2. The normalized spacial score (nSPS) is 19.5. The van der Waals surface area contributed by atoms with Gasteiger partial charge in [-0.15, -0.1) is 11.6 Å². The third-order valence-electron chi connectivity index (χ3n) is 3.73. The molecule has 0 aliphatic carbocycles. The molecule has 0 saturated carbocycles. The SMILES string of the molecule is CCCc1cc(CCl)cc(N2CCCC2CC)n1. The lowest BCUT2D eigenvalue weighted by Crippen LogP contribution is -2.29. The molecule has 1 saturated heterocycles. The Labute approximate surface area is 115 Å². The predicted molar refractivity (Wildman–Crippen MR) is 78.4 cm³/mol. The molecule has 1 aliphatic heterocycles. The highest BCUT2D eigenvalue weighted by atomic mass is 35.5. The minimum absolute atomic E-state index is 0.580. The van der Waals surface area contributed by atoms with E-state index in [1.165, 1.54) is 30.5 Å². The van der Waals surface area contributed by atoms with E-state index in [4.69, 9.17) is 16.6 Å². The average molecular weight is 267 g/mol. The molecule has 1 aliphatic rings. The Bertz CT molecular complexity index is 392. The Morgan fingerprint density at radius 2 is 2.22 bits per heavy atom. The second kappa shape index (κ2) is 6.42. The summed E-state index contributed by atoms with van der Waals surface area (Å²) in [6.07, 6.45) is 5.97. The Morgan fingerprint density at radius 1 is 1.39 bits per heavy atom. The lowest BCUT2D eigenvalue weighted by molar-refractivity contribution is 0.639. The van der Waals surface area contributed by atoms with Crippen molar-refractivity contribution in [3.63, 3.8) is 0 Å². The molecule has 0 radical (unpaired) electrons. The molecule has 2 heterocycles. The van der Waals surface area contributed by atoms with E-state index in [1.807, 2.05) is 0 Å². The Kier molecular flexibility index (Phi) is 4.87. The quantitative estimate of drug-likeness (QED) is 0.745. The summed E-state index contributed by atoms with van der Waals surface area (Å²) in [5, 5.41) is 0. The van der Waals surface area contributed by atoms with Crippen LogP contribution in [0, 0.1) is 0 Å². The molecule has 1 atom stereocenters. The van der Waals surface area contributed by atoms with Crippen molar-refractivity contribution in [3.8, 4) is 0 Å². The summed E-state index contributed by atoms with van der Waals surface area (Å²) in [7, 11) is 0. The highest BCUT2D eigenvalue weighted by molar-refractivity contribution is 6.17. The van der Waals surface area contributed by atoms with Crippen molar-refractivity contribution in [3.05, 3.63) is 23.4 Å². The van der Waals surface area contributed by atoms with E-state index >= 15 is 0 Å². The van der Waals surface area contributed by atoms with Crippen molar-refractivity contribution in [2.24, 2.45) is 0 Å². The van der Waals surface area contributed by atoms with Crippen LogP contribution in [-0.4, -0.2) is 17.6 Å². The maximum atomic E-state index is 6.00. The predicted octanol–water partition coefficient (Wildman–Crippen LogP) is 4.15. The number of hydrogen-bond acceptors (Lipinski definition) is 2. The second-order valence-corrected chi connectivity index (χ2v) is 5.37. The first-order chi connectivity index (χ1) is 8.78. The van der Waals surface area contributed by atoms with Crippen molar-refractivity contribution in [2.45, 2.75) is 57.9 Å². The van der Waals surface area contributed by atoms with Gasteiger partial charge < -0.3 is 4.90 Å². The highest BCUT2D eigenvalue weighted by Crippen LogP contribution is 2.27. The largest absolute Gasteiger partial charge is 0.354 e. The summed E-state index contributed by atoms with van der Waals surface area (Å²) in [5.74, 6) is 1.72. The third kappa shape index (κ3) is 2.97. The first-order valence-corrected chi connectivity index (χ1v) is 7.64. The van der Waals surface area contributed by atoms with E-state index in [9.17, 15) is 0 Å². The van der Waals surface area contributed by atoms with Crippen LogP contribution in [-0.2, 0) is 12.3 Å². The molecule has 1 fully saturated rings. The smallest absolute Gasteiger partial charge is 0.129 e. The van der Waals surface area contributed by atoms with E-state index in [0.29, 0.717) is 11.9 Å². The van der Waals surface area contributed by atoms with Crippen LogP contribution in [0.5, 0.6) is 0 Å². The van der Waals surface area contributed by atoms with Crippen molar-refractivity contribution in [1.82, 2.24) is 4.98 Å². The monoisotopic (exact) mass is 266 g/mol. The van der Waals surface area contributed by atoms with E-state index in [1.54, 1.807) is 0 Å². The van der Waals surface area contributed by atoms with Gasteiger partial charge in [-0.05, 0) is 43.4 Å². The lowest BCUT2D eigenvalue weighted by Gasteiger charge is -2.25. The van der Waals surface area contributed by atoms with E-state index in [-0.39, 0.29) is 0 Å². The fraction of sp³-hybridized carbons (Fsp3) is 0.667. The molecule has 18 heavy (non-hydrogen) atoms. The van der Waals surface area contributed by atoms with Crippen molar-refractivity contribution in [2.75, 3.05) is 11.4 Å². The van der Waals surface area contributed by atoms with E-state index in [2.05, 4.69) is 30.9 Å². The number of aryl methyl sites for hydroxylation is 1. The number of alkyl halides is 1. The lowest BCUT2D eigenvalue weighted by atomic mass is 10.1. The Morgan fingerprint density at radius 3 is 2.89 bits per heavy atom. The number of nitrogens with zero attached hydrogens (tertiary/aromatic N) is 2. The molecule has 2 rings (SSSR count). The number of aromatic nitrogens is 1. The summed E-state index contributed by atoms with van der Waals surface area (Å²) in [5.41, 5.74) is 2.39. The van der Waals surface area contributed by atoms with Crippen LogP contribution in [0.1, 0.15) is 50.8 Å². The Balaban J connectivity index is 2.27. The number of halogens is 1. The topological polar surface area (TPSA) is 16.1 Å². The van der Waals surface area contributed by atoms with Gasteiger partial charge in [-0.3, -0.25) is 0 Å². The minimum atomic E-state index is 0.580. The van der Waals surface area contributed by atoms with Crippen molar-refractivity contribution < 1.29 is 0 Å². The highest BCUT2D eigenvalue weighted by Gasteiger charge is 2.24. The molecule has 1 aromatic rings. The van der Waals surface area contributed by atoms with Crippen LogP contribution in [0.4, 0.5) is 5.82 Å². The number of hydrogen-bond donors (Lipinski definition) is 0. The third-order valence-corrected chi connectivity index (χ3v) is 4.04. The molecule has 3 heteroatoms. The van der Waals surface area contributed by atoms with E-state index in [0.717, 1.165) is 25.2 Å². The molecule has 0 amide bonds. The second-order valence-electron chi connectivity index (χ2n) is 5.11. The van der Waals surface area contributed by atoms with Gasteiger partial charge in [-0.2, -0.15) is 0 Å². The maximum absolute atomic E-state index is 6.00. The average Bonchev–Trinajstić information content (AvgIpc) is 2.87. The molecule has 1 unspecified atom stereocenters. The van der Waals surface area contributed by atoms with Gasteiger partial charge in [-0.1, -0.05) is 20.3 Å². The number of anilines is 1. The summed E-state index contributed by atoms with van der Waals surface area (Å²) >= 11 is 6.00. The molecular formula is C15H23ClN2. The van der Waals surface area contributed by atoms with Crippen molar-refractivity contribution >= 4 is 17.4 Å². The van der Waals surface area contributed by atoms with Crippen LogP contribution in [0.15, 0.2) is 12.1 Å². The molecule has 100 valence electrons. The van der Waals surface area contributed by atoms with Gasteiger partial charge in [0, 0.05) is 24.2 Å². The molecule has 0 bridgehead atoms. The standard InChI is InChI=1S/C15H23ClN2/c1-3-6-13-9-12(11-16)10-15(17-13)18-8-5-7-14(18)4-2/h9-10,14H,3-8,11H2,1-2H3. The van der Waals surface area contributed by atoms with Gasteiger partial charge in [0.1, 0.15) is 5.82 Å². The van der Waals surface area contributed by atoms with Crippen LogP contribution >= 0.6 is 11.6 Å². The van der Waals surface area contributed by atoms with Crippen LogP contribution in [0.25, 0.3) is 0 Å². The van der Waals surface area contributed by atoms with E-state index < -0.39 is 0 Å². The summed E-state index contributed by atoms with van der Waals surface area (Å²) in [4.78, 5) is 7.29.